The summed E-state index contributed by atoms with van der Waals surface area (Å²) < 4.78 is 29.3. The molecule has 1 saturated carbocycles. The summed E-state index contributed by atoms with van der Waals surface area (Å²) in [6.45, 7) is 5.22. The van der Waals surface area contributed by atoms with Crippen LogP contribution in [0.5, 0.6) is 0 Å². The lowest BCUT2D eigenvalue weighted by Crippen LogP contribution is -2.54. The number of nitrogens with zero attached hydrogens (tertiary/aromatic N) is 2. The molecular weight excluding hydrogens is 570 g/mol. The van der Waals surface area contributed by atoms with Gasteiger partial charge in [0.1, 0.15) is 12.6 Å². The van der Waals surface area contributed by atoms with Crippen molar-refractivity contribution in [2.45, 2.75) is 82.8 Å². The molecule has 0 unspecified atom stereocenters. The number of hydrogen-bond acceptors (Lipinski definition) is 4. The number of benzene rings is 3. The first-order valence-corrected chi connectivity index (χ1v) is 16.4. The summed E-state index contributed by atoms with van der Waals surface area (Å²) >= 11 is 6.20. The Morgan fingerprint density at radius 3 is 2.24 bits per heavy atom. The SMILES string of the molecule is CC[C@@H](C(=O)NC1CCCCC1)N(Cc1ccccc1)C(=O)CN(c1ccc(Cl)cc1C)S(=O)(=O)c1ccc(C)cc1. The Morgan fingerprint density at radius 1 is 0.952 bits per heavy atom. The fourth-order valence-corrected chi connectivity index (χ4v) is 7.20. The first-order valence-electron chi connectivity index (χ1n) is 14.6. The molecule has 1 N–H and O–H groups in total. The third kappa shape index (κ3) is 7.72. The molecule has 0 aliphatic heterocycles. The molecule has 2 amide bonds. The second-order valence-corrected chi connectivity index (χ2v) is 13.3. The van der Waals surface area contributed by atoms with Gasteiger partial charge in [0, 0.05) is 17.6 Å². The number of hydrogen-bond donors (Lipinski definition) is 1. The average Bonchev–Trinajstić information content (AvgIpc) is 2.97. The smallest absolute Gasteiger partial charge is 0.264 e. The van der Waals surface area contributed by atoms with Crippen molar-refractivity contribution in [3.05, 3.63) is 94.5 Å². The minimum atomic E-state index is -4.14. The molecule has 3 aromatic rings. The average molecular weight is 610 g/mol. The van der Waals surface area contributed by atoms with E-state index in [1.807, 2.05) is 44.2 Å². The summed E-state index contributed by atoms with van der Waals surface area (Å²) in [5.74, 6) is -0.668. The molecule has 7 nitrogen and oxygen atoms in total. The molecule has 1 fully saturated rings. The highest BCUT2D eigenvalue weighted by Crippen LogP contribution is 2.30. The number of carbonyl (C=O) groups is 2. The van der Waals surface area contributed by atoms with Crippen molar-refractivity contribution in [1.82, 2.24) is 10.2 Å². The zero-order valence-corrected chi connectivity index (χ0v) is 26.1. The van der Waals surface area contributed by atoms with E-state index in [1.165, 1.54) is 4.90 Å². The van der Waals surface area contributed by atoms with Gasteiger partial charge in [-0.2, -0.15) is 0 Å². The van der Waals surface area contributed by atoms with Crippen LogP contribution < -0.4 is 9.62 Å². The van der Waals surface area contributed by atoms with E-state index in [0.717, 1.165) is 47.5 Å². The van der Waals surface area contributed by atoms with Crippen molar-refractivity contribution >= 4 is 39.1 Å². The van der Waals surface area contributed by atoms with E-state index in [9.17, 15) is 18.0 Å². The van der Waals surface area contributed by atoms with Crippen LogP contribution in [0.4, 0.5) is 5.69 Å². The maximum Gasteiger partial charge on any atom is 0.264 e. The Labute approximate surface area is 254 Å². The highest BCUT2D eigenvalue weighted by atomic mass is 35.5. The van der Waals surface area contributed by atoms with Gasteiger partial charge in [0.2, 0.25) is 11.8 Å². The summed E-state index contributed by atoms with van der Waals surface area (Å²) in [5.41, 5.74) is 2.74. The van der Waals surface area contributed by atoms with Crippen LogP contribution in [0.25, 0.3) is 0 Å². The van der Waals surface area contributed by atoms with Gasteiger partial charge in [-0.15, -0.1) is 0 Å². The molecule has 1 aliphatic rings. The fraction of sp³-hybridized carbons (Fsp3) is 0.394. The molecule has 224 valence electrons. The number of halogens is 1. The first kappa shape index (κ1) is 31.6. The van der Waals surface area contributed by atoms with Crippen molar-refractivity contribution in [1.29, 1.82) is 0 Å². The van der Waals surface area contributed by atoms with E-state index < -0.39 is 28.5 Å². The summed E-state index contributed by atoms with van der Waals surface area (Å²) in [7, 11) is -4.14. The lowest BCUT2D eigenvalue weighted by Gasteiger charge is -2.34. The fourth-order valence-electron chi connectivity index (χ4n) is 5.49. The van der Waals surface area contributed by atoms with E-state index in [4.69, 9.17) is 11.6 Å². The van der Waals surface area contributed by atoms with Gasteiger partial charge in [-0.25, -0.2) is 8.42 Å². The summed E-state index contributed by atoms with van der Waals surface area (Å²) in [4.78, 5) is 29.5. The number of amides is 2. The van der Waals surface area contributed by atoms with Crippen molar-refractivity contribution < 1.29 is 18.0 Å². The maximum atomic E-state index is 14.3. The van der Waals surface area contributed by atoms with Gasteiger partial charge in [-0.05, 0) is 74.6 Å². The topological polar surface area (TPSA) is 86.8 Å². The molecule has 0 saturated heterocycles. The molecule has 1 aliphatic carbocycles. The van der Waals surface area contributed by atoms with Crippen LogP contribution in [0.3, 0.4) is 0 Å². The highest BCUT2D eigenvalue weighted by Gasteiger charge is 2.35. The number of carbonyl (C=O) groups excluding carboxylic acids is 2. The minimum absolute atomic E-state index is 0.0759. The van der Waals surface area contributed by atoms with Gasteiger partial charge < -0.3 is 10.2 Å². The summed E-state index contributed by atoms with van der Waals surface area (Å²) in [6.07, 6.45) is 5.54. The van der Waals surface area contributed by atoms with Crippen LogP contribution in [0.15, 0.2) is 77.7 Å². The molecule has 0 heterocycles. The second-order valence-electron chi connectivity index (χ2n) is 11.0. The lowest BCUT2D eigenvalue weighted by atomic mass is 9.95. The van der Waals surface area contributed by atoms with Crippen LogP contribution in [-0.2, 0) is 26.2 Å². The highest BCUT2D eigenvalue weighted by molar-refractivity contribution is 7.92. The zero-order valence-electron chi connectivity index (χ0n) is 24.6. The zero-order chi connectivity index (χ0) is 30.3. The normalized spacial score (nSPS) is 14.7. The largest absolute Gasteiger partial charge is 0.352 e. The lowest BCUT2D eigenvalue weighted by molar-refractivity contribution is -0.140. The number of nitrogens with one attached hydrogen (secondary N) is 1. The molecule has 1 atom stereocenters. The second kappa shape index (κ2) is 14.2. The maximum absolute atomic E-state index is 14.3. The van der Waals surface area contributed by atoms with Gasteiger partial charge in [0.25, 0.3) is 10.0 Å². The number of anilines is 1. The molecule has 0 aromatic heterocycles. The van der Waals surface area contributed by atoms with Gasteiger partial charge in [0.15, 0.2) is 0 Å². The number of rotatable bonds is 11. The molecule has 42 heavy (non-hydrogen) atoms. The molecule has 0 bridgehead atoms. The molecule has 0 spiro atoms. The number of sulfonamides is 1. The van der Waals surface area contributed by atoms with E-state index in [0.29, 0.717) is 22.7 Å². The monoisotopic (exact) mass is 609 g/mol. The van der Waals surface area contributed by atoms with Gasteiger partial charge in [0.05, 0.1) is 10.6 Å². The van der Waals surface area contributed by atoms with E-state index >= 15 is 0 Å². The van der Waals surface area contributed by atoms with E-state index in [1.54, 1.807) is 49.4 Å². The van der Waals surface area contributed by atoms with Crippen LogP contribution in [-0.4, -0.2) is 43.8 Å². The van der Waals surface area contributed by atoms with Crippen LogP contribution in [0.2, 0.25) is 5.02 Å². The Balaban J connectivity index is 1.72. The van der Waals surface area contributed by atoms with Gasteiger partial charge in [-0.3, -0.25) is 13.9 Å². The van der Waals surface area contributed by atoms with Gasteiger partial charge >= 0.3 is 0 Å². The van der Waals surface area contributed by atoms with Crippen LogP contribution in [0.1, 0.15) is 62.1 Å². The van der Waals surface area contributed by atoms with Crippen molar-refractivity contribution in [2.75, 3.05) is 10.8 Å². The Bertz CT molecular complexity index is 1470. The molecule has 3 aromatic carbocycles. The van der Waals surface area contributed by atoms with E-state index in [-0.39, 0.29) is 23.4 Å². The minimum Gasteiger partial charge on any atom is -0.352 e. The van der Waals surface area contributed by atoms with E-state index in [2.05, 4.69) is 5.32 Å². The van der Waals surface area contributed by atoms with Crippen LogP contribution in [0, 0.1) is 13.8 Å². The molecule has 4 rings (SSSR count). The molecule has 0 radical (unpaired) electrons. The van der Waals surface area contributed by atoms with Crippen molar-refractivity contribution in [2.24, 2.45) is 0 Å². The number of aryl methyl sites for hydroxylation is 2. The Kier molecular flexibility index (Phi) is 10.7. The summed E-state index contributed by atoms with van der Waals surface area (Å²) in [6, 6.07) is 20.2. The standard InChI is InChI=1S/C33H40ClN3O4S/c1-4-30(33(39)35-28-13-9-6-10-14-28)36(22-26-11-7-5-8-12-26)32(38)23-37(31-20-17-27(34)21-25(31)3)42(40,41)29-18-15-24(2)16-19-29/h5,7-8,11-12,15-21,28,30H,4,6,9-10,13-14,22-23H2,1-3H3,(H,35,39)/t30-/m0/s1. The predicted molar refractivity (Wildman–Crippen MR) is 168 cm³/mol. The third-order valence-electron chi connectivity index (χ3n) is 7.85. The quantitative estimate of drug-likeness (QED) is 0.272. The van der Waals surface area contributed by atoms with Crippen molar-refractivity contribution in [3.8, 4) is 0 Å². The molecular formula is C33H40ClN3O4S. The Hall–Kier alpha value is -3.36. The van der Waals surface area contributed by atoms with Crippen LogP contribution >= 0.6 is 11.6 Å². The molecule has 9 heteroatoms. The summed E-state index contributed by atoms with van der Waals surface area (Å²) in [5, 5.41) is 3.64. The predicted octanol–water partition coefficient (Wildman–Crippen LogP) is 6.41. The Morgan fingerprint density at radius 2 is 1.62 bits per heavy atom. The van der Waals surface area contributed by atoms with Gasteiger partial charge in [-0.1, -0.05) is 85.8 Å². The first-order chi connectivity index (χ1) is 20.1. The third-order valence-corrected chi connectivity index (χ3v) is 9.86. The van der Waals surface area contributed by atoms with Crippen molar-refractivity contribution in [3.63, 3.8) is 0 Å².